The van der Waals surface area contributed by atoms with Gasteiger partial charge in [0.2, 0.25) is 0 Å². The molecule has 0 saturated carbocycles. The van der Waals surface area contributed by atoms with Crippen molar-refractivity contribution in [2.45, 2.75) is 18.7 Å². The fourth-order valence-electron chi connectivity index (χ4n) is 1.58. The second-order valence-electron chi connectivity index (χ2n) is 3.69. The Kier molecular flexibility index (Phi) is 4.44. The monoisotopic (exact) mass is 380 g/mol. The maximum absolute atomic E-state index is 13.0. The van der Waals surface area contributed by atoms with Crippen molar-refractivity contribution in [2.24, 2.45) is 0 Å². The van der Waals surface area contributed by atoms with Crippen LogP contribution in [0.25, 0.3) is 0 Å². The van der Waals surface area contributed by atoms with Crippen molar-refractivity contribution in [3.63, 3.8) is 0 Å². The first-order chi connectivity index (χ1) is 8.11. The topological polar surface area (TPSA) is 0 Å². The van der Waals surface area contributed by atoms with E-state index in [-0.39, 0.29) is 11.2 Å². The average molecular weight is 381 g/mol. The molecule has 0 aliphatic rings. The highest BCUT2D eigenvalue weighted by atomic mass is 127. The van der Waals surface area contributed by atoms with Crippen LogP contribution in [-0.4, -0.2) is 0 Å². The summed E-state index contributed by atoms with van der Waals surface area (Å²) < 4.78 is 13.9. The first-order valence-electron chi connectivity index (χ1n) is 5.29. The molecule has 1 aromatic carbocycles. The maximum atomic E-state index is 13.0. The highest BCUT2D eigenvalue weighted by molar-refractivity contribution is 14.1. The smallest absolute Gasteiger partial charge is 0.124 e. The van der Waals surface area contributed by atoms with Crippen LogP contribution in [0.1, 0.15) is 27.6 Å². The highest BCUT2D eigenvalue weighted by Gasteiger charge is 2.16. The standard InChI is InChI=1S/C13H11ClFIS/c1-2-9-4-6-12(17-9)13(14)10-5-3-8(15)7-11(10)16/h3-7,13H,2H2,1H3. The van der Waals surface area contributed by atoms with Crippen molar-refractivity contribution in [3.05, 3.63) is 55.0 Å². The van der Waals surface area contributed by atoms with Gasteiger partial charge in [-0.05, 0) is 58.8 Å². The molecule has 2 rings (SSSR count). The Morgan fingerprint density at radius 2 is 2.12 bits per heavy atom. The number of rotatable bonds is 3. The summed E-state index contributed by atoms with van der Waals surface area (Å²) in [5, 5.41) is -0.187. The molecule has 0 nitrogen and oxygen atoms in total. The molecule has 0 fully saturated rings. The van der Waals surface area contributed by atoms with E-state index in [9.17, 15) is 4.39 Å². The molecule has 1 heterocycles. The predicted octanol–water partition coefficient (Wildman–Crippen LogP) is 5.38. The van der Waals surface area contributed by atoms with Crippen molar-refractivity contribution in [1.29, 1.82) is 0 Å². The van der Waals surface area contributed by atoms with E-state index in [0.29, 0.717) is 0 Å². The van der Waals surface area contributed by atoms with Crippen LogP contribution in [0.4, 0.5) is 4.39 Å². The lowest BCUT2D eigenvalue weighted by Gasteiger charge is -2.10. The minimum atomic E-state index is -0.220. The van der Waals surface area contributed by atoms with Gasteiger partial charge in [-0.15, -0.1) is 22.9 Å². The van der Waals surface area contributed by atoms with Crippen LogP contribution in [0.3, 0.4) is 0 Å². The summed E-state index contributed by atoms with van der Waals surface area (Å²) >= 11 is 10.3. The van der Waals surface area contributed by atoms with Gasteiger partial charge in [-0.2, -0.15) is 0 Å². The third-order valence-corrected chi connectivity index (χ3v) is 5.34. The van der Waals surface area contributed by atoms with E-state index in [4.69, 9.17) is 11.6 Å². The molecule has 0 amide bonds. The molecule has 0 bridgehead atoms. The molecule has 90 valence electrons. The van der Waals surface area contributed by atoms with E-state index >= 15 is 0 Å². The summed E-state index contributed by atoms with van der Waals surface area (Å²) in [4.78, 5) is 2.44. The summed E-state index contributed by atoms with van der Waals surface area (Å²) in [6.45, 7) is 2.13. The molecule has 1 unspecified atom stereocenters. The third kappa shape index (κ3) is 3.01. The number of benzene rings is 1. The molecule has 1 atom stereocenters. The van der Waals surface area contributed by atoms with E-state index in [1.54, 1.807) is 17.4 Å². The summed E-state index contributed by atoms with van der Waals surface area (Å²) in [6, 6.07) is 8.90. The van der Waals surface area contributed by atoms with Crippen LogP contribution in [0, 0.1) is 9.39 Å². The molecule has 0 aliphatic heterocycles. The van der Waals surface area contributed by atoms with Crippen molar-refractivity contribution < 1.29 is 4.39 Å². The summed E-state index contributed by atoms with van der Waals surface area (Å²) in [7, 11) is 0. The zero-order valence-electron chi connectivity index (χ0n) is 9.21. The van der Waals surface area contributed by atoms with Gasteiger partial charge in [0.15, 0.2) is 0 Å². The molecule has 4 heteroatoms. The van der Waals surface area contributed by atoms with Gasteiger partial charge < -0.3 is 0 Å². The van der Waals surface area contributed by atoms with Crippen LogP contribution in [0.15, 0.2) is 30.3 Å². The van der Waals surface area contributed by atoms with E-state index in [0.717, 1.165) is 20.4 Å². The molecule has 1 aromatic heterocycles. The molecule has 0 saturated heterocycles. The number of aryl methyl sites for hydroxylation is 1. The van der Waals surface area contributed by atoms with E-state index in [1.165, 1.54) is 17.0 Å². The van der Waals surface area contributed by atoms with Crippen molar-refractivity contribution in [1.82, 2.24) is 0 Å². The van der Waals surface area contributed by atoms with E-state index in [1.807, 2.05) is 0 Å². The van der Waals surface area contributed by atoms with Gasteiger partial charge in [-0.3, -0.25) is 0 Å². The molecular weight excluding hydrogens is 370 g/mol. The minimum absolute atomic E-state index is 0.187. The molecule has 17 heavy (non-hydrogen) atoms. The van der Waals surface area contributed by atoms with Gasteiger partial charge in [0.05, 0.1) is 5.38 Å². The van der Waals surface area contributed by atoms with Crippen molar-refractivity contribution >= 4 is 45.5 Å². The zero-order chi connectivity index (χ0) is 12.4. The number of halogens is 3. The Labute approximate surface area is 123 Å². The number of alkyl halides is 1. The quantitative estimate of drug-likeness (QED) is 0.495. The normalized spacial score (nSPS) is 12.7. The largest absolute Gasteiger partial charge is 0.207 e. The van der Waals surface area contributed by atoms with Crippen LogP contribution < -0.4 is 0 Å². The third-order valence-electron chi connectivity index (χ3n) is 2.52. The lowest BCUT2D eigenvalue weighted by atomic mass is 10.1. The van der Waals surface area contributed by atoms with Gasteiger partial charge in [-0.25, -0.2) is 4.39 Å². The van der Waals surface area contributed by atoms with Crippen LogP contribution in [0.5, 0.6) is 0 Å². The zero-order valence-corrected chi connectivity index (χ0v) is 12.9. The second-order valence-corrected chi connectivity index (χ2v) is 6.48. The van der Waals surface area contributed by atoms with E-state index in [2.05, 4.69) is 41.6 Å². The van der Waals surface area contributed by atoms with Crippen molar-refractivity contribution in [2.75, 3.05) is 0 Å². The first-order valence-corrected chi connectivity index (χ1v) is 7.62. The van der Waals surface area contributed by atoms with Crippen molar-refractivity contribution in [3.8, 4) is 0 Å². The summed E-state index contributed by atoms with van der Waals surface area (Å²) in [5.74, 6) is -0.220. The summed E-state index contributed by atoms with van der Waals surface area (Å²) in [5.41, 5.74) is 0.971. The lowest BCUT2D eigenvalue weighted by Crippen LogP contribution is -1.94. The minimum Gasteiger partial charge on any atom is -0.207 e. The van der Waals surface area contributed by atoms with Gasteiger partial charge in [0.25, 0.3) is 0 Å². The average Bonchev–Trinajstić information content (AvgIpc) is 2.76. The Hall–Kier alpha value is -0.130. The highest BCUT2D eigenvalue weighted by Crippen LogP contribution is 2.36. The molecule has 0 aliphatic carbocycles. The fourth-order valence-corrected chi connectivity index (χ4v) is 3.90. The SMILES string of the molecule is CCc1ccc(C(Cl)c2ccc(F)cc2I)s1. The van der Waals surface area contributed by atoms with Crippen LogP contribution in [-0.2, 0) is 6.42 Å². The number of thiophene rings is 1. The Morgan fingerprint density at radius 1 is 1.35 bits per heavy atom. The Morgan fingerprint density at radius 3 is 2.71 bits per heavy atom. The number of hydrogen-bond acceptors (Lipinski definition) is 1. The lowest BCUT2D eigenvalue weighted by molar-refractivity contribution is 0.626. The summed E-state index contributed by atoms with van der Waals surface area (Å²) in [6.07, 6.45) is 1.02. The molecule has 0 N–H and O–H groups in total. The molecule has 0 radical (unpaired) electrons. The Bertz CT molecular complexity index is 524. The van der Waals surface area contributed by atoms with Gasteiger partial charge in [-0.1, -0.05) is 13.0 Å². The Balaban J connectivity index is 2.33. The van der Waals surface area contributed by atoms with E-state index < -0.39 is 0 Å². The molecular formula is C13H11ClFIS. The number of hydrogen-bond donors (Lipinski definition) is 0. The fraction of sp³-hybridized carbons (Fsp3) is 0.231. The van der Waals surface area contributed by atoms with Gasteiger partial charge in [0.1, 0.15) is 5.82 Å². The van der Waals surface area contributed by atoms with Gasteiger partial charge in [0, 0.05) is 13.3 Å². The molecule has 0 spiro atoms. The predicted molar refractivity (Wildman–Crippen MR) is 80.5 cm³/mol. The first kappa shape index (κ1) is 13.3. The van der Waals surface area contributed by atoms with Gasteiger partial charge >= 0.3 is 0 Å². The van der Waals surface area contributed by atoms with Crippen LogP contribution in [0.2, 0.25) is 0 Å². The van der Waals surface area contributed by atoms with Crippen LogP contribution >= 0.6 is 45.5 Å². The second kappa shape index (κ2) is 5.67. The maximum Gasteiger partial charge on any atom is 0.124 e. The molecule has 2 aromatic rings.